The van der Waals surface area contributed by atoms with E-state index in [1.807, 2.05) is 0 Å². The highest BCUT2D eigenvalue weighted by Crippen LogP contribution is 2.28. The van der Waals surface area contributed by atoms with E-state index in [0.29, 0.717) is 24.5 Å². The molecule has 0 saturated carbocycles. The van der Waals surface area contributed by atoms with Gasteiger partial charge in [0.25, 0.3) is 5.69 Å². The molecule has 0 aromatic heterocycles. The van der Waals surface area contributed by atoms with E-state index >= 15 is 4.39 Å². The molecule has 0 radical (unpaired) electrons. The van der Waals surface area contributed by atoms with Gasteiger partial charge in [-0.2, -0.15) is 0 Å². The third-order valence-corrected chi connectivity index (χ3v) is 6.37. The lowest BCUT2D eigenvalue weighted by Crippen LogP contribution is -2.48. The first-order chi connectivity index (χ1) is 18.6. The van der Waals surface area contributed by atoms with E-state index in [9.17, 15) is 29.3 Å². The van der Waals surface area contributed by atoms with E-state index in [4.69, 9.17) is 4.74 Å². The number of benzene rings is 2. The Morgan fingerprint density at radius 2 is 1.85 bits per heavy atom. The number of para-hydroxylation sites is 1. The Labute approximate surface area is 222 Å². The molecule has 39 heavy (non-hydrogen) atoms. The van der Waals surface area contributed by atoms with Crippen molar-refractivity contribution in [3.8, 4) is 0 Å². The second-order valence-electron chi connectivity index (χ2n) is 8.97. The van der Waals surface area contributed by atoms with E-state index in [1.165, 1.54) is 47.1 Å². The van der Waals surface area contributed by atoms with Gasteiger partial charge in [0.05, 0.1) is 35.0 Å². The molecule has 1 N–H and O–H groups in total. The summed E-state index contributed by atoms with van der Waals surface area (Å²) in [5.74, 6) is -1.87. The summed E-state index contributed by atoms with van der Waals surface area (Å²) in [7, 11) is 0. The smallest absolute Gasteiger partial charge is 0.414 e. The van der Waals surface area contributed by atoms with Gasteiger partial charge >= 0.3 is 6.09 Å². The number of hydrogen-bond acceptors (Lipinski definition) is 8. The highest BCUT2D eigenvalue weighted by molar-refractivity contribution is 6.09. The lowest BCUT2D eigenvalue weighted by atomic mass is 10.1. The van der Waals surface area contributed by atoms with Gasteiger partial charge in [-0.05, 0) is 30.3 Å². The molecule has 2 aromatic carbocycles. The number of nitrogens with zero attached hydrogens (tertiary/aromatic N) is 4. The van der Waals surface area contributed by atoms with Crippen molar-refractivity contribution in [1.82, 2.24) is 10.2 Å². The average Bonchev–Trinajstić information content (AvgIpc) is 3.30. The lowest BCUT2D eigenvalue weighted by molar-refractivity contribution is -0.385. The third-order valence-electron chi connectivity index (χ3n) is 6.37. The Kier molecular flexibility index (Phi) is 8.18. The zero-order chi connectivity index (χ0) is 28.1. The van der Waals surface area contributed by atoms with Crippen LogP contribution in [0.4, 0.5) is 26.2 Å². The fraction of sp³-hybridized carbons (Fsp3) is 0.308. The van der Waals surface area contributed by atoms with Crippen LogP contribution in [0.1, 0.15) is 17.3 Å². The van der Waals surface area contributed by atoms with Crippen LogP contribution in [0.3, 0.4) is 0 Å². The third kappa shape index (κ3) is 6.37. The van der Waals surface area contributed by atoms with Crippen molar-refractivity contribution in [2.45, 2.75) is 13.0 Å². The Hall–Kier alpha value is -4.81. The number of ether oxygens (including phenoxy) is 1. The number of nitro benzene ring substituents is 1. The minimum atomic E-state index is -0.657. The molecule has 13 heteroatoms. The number of nitro groups is 1. The van der Waals surface area contributed by atoms with Gasteiger partial charge < -0.3 is 19.9 Å². The summed E-state index contributed by atoms with van der Waals surface area (Å²) < 4.78 is 20.2. The number of carbonyl (C=O) groups is 4. The van der Waals surface area contributed by atoms with Crippen molar-refractivity contribution in [3.63, 3.8) is 0 Å². The SMILES string of the molecule is CC(=O)NC[C@H]1CN(c2ccc(N3CCN(C(=O)C=CC(=O)c4ccccc4[N+](=O)[O-])CC3)c(F)c2)C(=O)O1. The summed E-state index contributed by atoms with van der Waals surface area (Å²) in [5.41, 5.74) is 0.192. The first-order valence-electron chi connectivity index (χ1n) is 12.2. The lowest BCUT2D eigenvalue weighted by Gasteiger charge is -2.36. The minimum absolute atomic E-state index is 0.110. The largest absolute Gasteiger partial charge is 0.442 e. The second-order valence-corrected chi connectivity index (χ2v) is 8.97. The van der Waals surface area contributed by atoms with E-state index in [2.05, 4.69) is 5.32 Å². The van der Waals surface area contributed by atoms with Gasteiger partial charge in [-0.1, -0.05) is 12.1 Å². The molecule has 12 nitrogen and oxygen atoms in total. The second kappa shape index (κ2) is 11.7. The van der Waals surface area contributed by atoms with Crippen LogP contribution in [0.15, 0.2) is 54.6 Å². The number of hydrogen-bond donors (Lipinski definition) is 1. The van der Waals surface area contributed by atoms with Gasteiger partial charge in [-0.25, -0.2) is 9.18 Å². The highest BCUT2D eigenvalue weighted by Gasteiger charge is 2.33. The molecule has 1 atom stereocenters. The van der Waals surface area contributed by atoms with Gasteiger partial charge in [0.15, 0.2) is 5.78 Å². The minimum Gasteiger partial charge on any atom is -0.442 e. The molecule has 0 bridgehead atoms. The van der Waals surface area contributed by atoms with E-state index in [1.54, 1.807) is 17.0 Å². The highest BCUT2D eigenvalue weighted by atomic mass is 19.1. The van der Waals surface area contributed by atoms with Crippen LogP contribution in [-0.4, -0.2) is 78.9 Å². The number of amides is 3. The Morgan fingerprint density at radius 1 is 1.13 bits per heavy atom. The standard InChI is InChI=1S/C26H26FN5O7/c1-17(33)28-15-19-16-31(26(36)39-19)18-6-7-23(21(27)14-18)29-10-12-30(13-11-29)25(35)9-8-24(34)20-4-2-3-5-22(20)32(37)38/h2-9,14,19H,10-13,15-16H2,1H3,(H,28,33)/t19-/m0/s1. The molecule has 3 amide bonds. The van der Waals surface area contributed by atoms with Gasteiger partial charge in [0, 0.05) is 45.2 Å². The fourth-order valence-corrected chi connectivity index (χ4v) is 4.37. The molecule has 2 fully saturated rings. The zero-order valence-corrected chi connectivity index (χ0v) is 21.0. The summed E-state index contributed by atoms with van der Waals surface area (Å²) in [5, 5.41) is 13.7. The predicted octanol–water partition coefficient (Wildman–Crippen LogP) is 2.28. The molecule has 2 aromatic rings. The zero-order valence-electron chi connectivity index (χ0n) is 21.0. The van der Waals surface area contributed by atoms with Crippen LogP contribution in [0.2, 0.25) is 0 Å². The average molecular weight is 540 g/mol. The van der Waals surface area contributed by atoms with Crippen molar-refractivity contribution in [2.24, 2.45) is 0 Å². The number of nitrogens with one attached hydrogen (secondary N) is 1. The molecular weight excluding hydrogens is 513 g/mol. The molecule has 2 heterocycles. The monoisotopic (exact) mass is 539 g/mol. The van der Waals surface area contributed by atoms with Crippen molar-refractivity contribution in [1.29, 1.82) is 0 Å². The van der Waals surface area contributed by atoms with Gasteiger partial charge in [-0.3, -0.25) is 29.4 Å². The first-order valence-corrected chi connectivity index (χ1v) is 12.2. The summed E-state index contributed by atoms with van der Waals surface area (Å²) >= 11 is 0. The molecule has 204 valence electrons. The summed E-state index contributed by atoms with van der Waals surface area (Å²) in [4.78, 5) is 63.3. The molecule has 0 aliphatic carbocycles. The maximum Gasteiger partial charge on any atom is 0.414 e. The number of carbonyl (C=O) groups excluding carboxylic acids is 4. The molecule has 4 rings (SSSR count). The summed E-state index contributed by atoms with van der Waals surface area (Å²) in [6, 6.07) is 9.90. The number of cyclic esters (lactones) is 1. The number of halogens is 1. The number of ketones is 1. The van der Waals surface area contributed by atoms with Gasteiger partial charge in [-0.15, -0.1) is 0 Å². The molecular formula is C26H26FN5O7. The molecule has 0 unspecified atom stereocenters. The fourth-order valence-electron chi connectivity index (χ4n) is 4.37. The van der Waals surface area contributed by atoms with Crippen LogP contribution < -0.4 is 15.1 Å². The van der Waals surface area contributed by atoms with Crippen molar-refractivity contribution >= 4 is 40.8 Å². The van der Waals surface area contributed by atoms with E-state index < -0.39 is 34.6 Å². The number of piperazine rings is 1. The molecule has 2 aliphatic rings. The molecule has 0 spiro atoms. The van der Waals surface area contributed by atoms with Crippen LogP contribution in [0, 0.1) is 15.9 Å². The molecule has 2 saturated heterocycles. The van der Waals surface area contributed by atoms with Crippen LogP contribution in [-0.2, 0) is 14.3 Å². The predicted molar refractivity (Wildman–Crippen MR) is 138 cm³/mol. The van der Waals surface area contributed by atoms with Crippen LogP contribution in [0.25, 0.3) is 0 Å². The van der Waals surface area contributed by atoms with Gasteiger partial charge in [0.1, 0.15) is 11.9 Å². The number of allylic oxidation sites excluding steroid dienone is 1. The van der Waals surface area contributed by atoms with Crippen molar-refractivity contribution in [2.75, 3.05) is 49.1 Å². The van der Waals surface area contributed by atoms with Gasteiger partial charge in [0.2, 0.25) is 11.8 Å². The van der Waals surface area contributed by atoms with Crippen molar-refractivity contribution in [3.05, 3.63) is 76.1 Å². The normalized spacial score (nSPS) is 17.3. The maximum atomic E-state index is 15.0. The number of rotatable bonds is 8. The Balaban J connectivity index is 1.33. The van der Waals surface area contributed by atoms with Crippen molar-refractivity contribution < 1.29 is 33.2 Å². The van der Waals surface area contributed by atoms with Crippen LogP contribution in [0.5, 0.6) is 0 Å². The van der Waals surface area contributed by atoms with E-state index in [0.717, 1.165) is 12.2 Å². The molecule has 2 aliphatic heterocycles. The quantitative estimate of drug-likeness (QED) is 0.233. The van der Waals surface area contributed by atoms with Crippen LogP contribution >= 0.6 is 0 Å². The Bertz CT molecular complexity index is 1340. The Morgan fingerprint density at radius 3 is 2.51 bits per heavy atom. The topological polar surface area (TPSA) is 142 Å². The summed E-state index contributed by atoms with van der Waals surface area (Å²) in [6.07, 6.45) is 0.928. The summed E-state index contributed by atoms with van der Waals surface area (Å²) in [6.45, 7) is 2.90. The first kappa shape index (κ1) is 27.2. The van der Waals surface area contributed by atoms with E-state index in [-0.39, 0.29) is 43.3 Å². The maximum absolute atomic E-state index is 15.0. The number of anilines is 2.